The number of carbonyl (C=O) groups excluding carboxylic acids is 1. The lowest BCUT2D eigenvalue weighted by Gasteiger charge is -2.25. The van der Waals surface area contributed by atoms with Crippen molar-refractivity contribution in [3.8, 4) is 0 Å². The lowest BCUT2D eigenvalue weighted by atomic mass is 9.79. The topological polar surface area (TPSA) is 17.1 Å². The van der Waals surface area contributed by atoms with Gasteiger partial charge in [0, 0.05) is 12.3 Å². The third kappa shape index (κ3) is 2.62. The Balaban J connectivity index is 2.16. The standard InChI is InChI=1S/C11H20O/c1-3-5-9(2)11(12)8-10-6-4-7-10/h9-10H,3-8H2,1-2H3. The Morgan fingerprint density at radius 3 is 2.58 bits per heavy atom. The summed E-state index contributed by atoms with van der Waals surface area (Å²) in [5, 5.41) is 0. The van der Waals surface area contributed by atoms with E-state index in [4.69, 9.17) is 0 Å². The fourth-order valence-electron chi connectivity index (χ4n) is 1.78. The van der Waals surface area contributed by atoms with Crippen LogP contribution in [0, 0.1) is 11.8 Å². The molecule has 1 saturated carbocycles. The summed E-state index contributed by atoms with van der Waals surface area (Å²) in [6.45, 7) is 4.22. The van der Waals surface area contributed by atoms with Crippen LogP contribution < -0.4 is 0 Å². The highest BCUT2D eigenvalue weighted by Gasteiger charge is 2.22. The molecule has 1 aliphatic rings. The molecule has 0 aromatic rings. The summed E-state index contributed by atoms with van der Waals surface area (Å²) in [4.78, 5) is 11.5. The minimum atomic E-state index is 0.315. The van der Waals surface area contributed by atoms with Crippen LogP contribution in [0.25, 0.3) is 0 Å². The van der Waals surface area contributed by atoms with Gasteiger partial charge in [-0.3, -0.25) is 4.79 Å². The molecule has 1 heteroatoms. The van der Waals surface area contributed by atoms with Gasteiger partial charge in [-0.15, -0.1) is 0 Å². The Labute approximate surface area is 75.5 Å². The summed E-state index contributed by atoms with van der Waals surface area (Å²) in [5.41, 5.74) is 0. The number of hydrogen-bond acceptors (Lipinski definition) is 1. The van der Waals surface area contributed by atoms with E-state index in [0.29, 0.717) is 11.7 Å². The van der Waals surface area contributed by atoms with E-state index < -0.39 is 0 Å². The average Bonchev–Trinajstić information content (AvgIpc) is 1.97. The highest BCUT2D eigenvalue weighted by molar-refractivity contribution is 5.80. The van der Waals surface area contributed by atoms with Gasteiger partial charge in [-0.05, 0) is 12.3 Å². The molecule has 0 amide bonds. The van der Waals surface area contributed by atoms with Crippen LogP contribution in [0.5, 0.6) is 0 Å². The van der Waals surface area contributed by atoms with Gasteiger partial charge in [0.05, 0.1) is 0 Å². The first-order chi connectivity index (χ1) is 5.74. The minimum Gasteiger partial charge on any atom is -0.299 e. The van der Waals surface area contributed by atoms with Gasteiger partial charge >= 0.3 is 0 Å². The summed E-state index contributed by atoms with van der Waals surface area (Å²) < 4.78 is 0. The van der Waals surface area contributed by atoms with Gasteiger partial charge in [-0.1, -0.05) is 39.5 Å². The minimum absolute atomic E-state index is 0.315. The van der Waals surface area contributed by atoms with Crippen molar-refractivity contribution >= 4 is 5.78 Å². The largest absolute Gasteiger partial charge is 0.299 e. The van der Waals surface area contributed by atoms with Crippen molar-refractivity contribution in [3.05, 3.63) is 0 Å². The van der Waals surface area contributed by atoms with Gasteiger partial charge in [-0.2, -0.15) is 0 Å². The second-order valence-electron chi connectivity index (χ2n) is 4.16. The molecule has 1 nitrogen and oxygen atoms in total. The van der Waals surface area contributed by atoms with Crippen LogP contribution in [0.2, 0.25) is 0 Å². The summed E-state index contributed by atoms with van der Waals surface area (Å²) in [5.74, 6) is 1.56. The molecule has 70 valence electrons. The maximum absolute atomic E-state index is 11.5. The van der Waals surface area contributed by atoms with E-state index in [2.05, 4.69) is 13.8 Å². The third-order valence-electron chi connectivity index (χ3n) is 2.99. The zero-order valence-electron chi connectivity index (χ0n) is 8.31. The van der Waals surface area contributed by atoms with Crippen LogP contribution in [-0.2, 0) is 4.79 Å². The molecule has 0 spiro atoms. The average molecular weight is 168 g/mol. The molecule has 0 aromatic heterocycles. The van der Waals surface area contributed by atoms with E-state index in [1.54, 1.807) is 0 Å². The molecular formula is C11H20O. The molecule has 0 N–H and O–H groups in total. The first-order valence-electron chi connectivity index (χ1n) is 5.26. The molecular weight excluding hydrogens is 148 g/mol. The fraction of sp³-hybridized carbons (Fsp3) is 0.909. The molecule has 1 unspecified atom stereocenters. The summed E-state index contributed by atoms with van der Waals surface area (Å²) >= 11 is 0. The number of ketones is 1. The summed E-state index contributed by atoms with van der Waals surface area (Å²) in [6.07, 6.45) is 7.01. The van der Waals surface area contributed by atoms with Gasteiger partial charge in [0.1, 0.15) is 5.78 Å². The second kappa shape index (κ2) is 4.64. The van der Waals surface area contributed by atoms with Crippen molar-refractivity contribution in [1.82, 2.24) is 0 Å². The van der Waals surface area contributed by atoms with E-state index in [9.17, 15) is 4.79 Å². The molecule has 0 bridgehead atoms. The normalized spacial score (nSPS) is 20.2. The van der Waals surface area contributed by atoms with Crippen LogP contribution >= 0.6 is 0 Å². The van der Waals surface area contributed by atoms with Gasteiger partial charge in [0.15, 0.2) is 0 Å². The predicted octanol–water partition coefficient (Wildman–Crippen LogP) is 3.18. The quantitative estimate of drug-likeness (QED) is 0.616. The molecule has 0 heterocycles. The summed E-state index contributed by atoms with van der Waals surface area (Å²) in [7, 11) is 0. The zero-order valence-corrected chi connectivity index (χ0v) is 8.31. The maximum Gasteiger partial charge on any atom is 0.135 e. The highest BCUT2D eigenvalue weighted by atomic mass is 16.1. The van der Waals surface area contributed by atoms with Crippen LogP contribution in [0.15, 0.2) is 0 Å². The number of rotatable bonds is 5. The van der Waals surface area contributed by atoms with Crippen molar-refractivity contribution in [1.29, 1.82) is 0 Å². The van der Waals surface area contributed by atoms with Crippen molar-refractivity contribution < 1.29 is 4.79 Å². The highest BCUT2D eigenvalue weighted by Crippen LogP contribution is 2.30. The first-order valence-corrected chi connectivity index (χ1v) is 5.26. The molecule has 1 rings (SSSR count). The van der Waals surface area contributed by atoms with E-state index in [0.717, 1.165) is 25.2 Å². The maximum atomic E-state index is 11.5. The van der Waals surface area contributed by atoms with E-state index in [-0.39, 0.29) is 0 Å². The zero-order chi connectivity index (χ0) is 8.97. The van der Waals surface area contributed by atoms with Crippen LogP contribution in [0.3, 0.4) is 0 Å². The predicted molar refractivity (Wildman–Crippen MR) is 51.0 cm³/mol. The SMILES string of the molecule is CCCC(C)C(=O)CC1CCC1. The molecule has 0 radical (unpaired) electrons. The van der Waals surface area contributed by atoms with Crippen molar-refractivity contribution in [3.63, 3.8) is 0 Å². The van der Waals surface area contributed by atoms with Crippen LogP contribution in [0.4, 0.5) is 0 Å². The van der Waals surface area contributed by atoms with Crippen molar-refractivity contribution in [2.75, 3.05) is 0 Å². The molecule has 1 fully saturated rings. The number of carbonyl (C=O) groups is 1. The van der Waals surface area contributed by atoms with Gasteiger partial charge in [0.2, 0.25) is 0 Å². The smallest absolute Gasteiger partial charge is 0.135 e. The third-order valence-corrected chi connectivity index (χ3v) is 2.99. The Hall–Kier alpha value is -0.330. The second-order valence-corrected chi connectivity index (χ2v) is 4.16. The van der Waals surface area contributed by atoms with E-state index >= 15 is 0 Å². The first kappa shape index (κ1) is 9.76. The van der Waals surface area contributed by atoms with E-state index in [1.165, 1.54) is 19.3 Å². The van der Waals surface area contributed by atoms with Crippen molar-refractivity contribution in [2.24, 2.45) is 11.8 Å². The monoisotopic (exact) mass is 168 g/mol. The summed E-state index contributed by atoms with van der Waals surface area (Å²) in [6, 6.07) is 0. The van der Waals surface area contributed by atoms with Gasteiger partial charge < -0.3 is 0 Å². The van der Waals surface area contributed by atoms with Crippen LogP contribution in [-0.4, -0.2) is 5.78 Å². The van der Waals surface area contributed by atoms with Crippen molar-refractivity contribution in [2.45, 2.75) is 52.4 Å². The molecule has 1 atom stereocenters. The van der Waals surface area contributed by atoms with Gasteiger partial charge in [0.25, 0.3) is 0 Å². The molecule has 0 saturated heterocycles. The Bertz CT molecular complexity index is 147. The molecule has 0 aliphatic heterocycles. The number of hydrogen-bond donors (Lipinski definition) is 0. The Morgan fingerprint density at radius 1 is 1.50 bits per heavy atom. The molecule has 12 heavy (non-hydrogen) atoms. The lowest BCUT2D eigenvalue weighted by Crippen LogP contribution is -2.20. The molecule has 0 aromatic carbocycles. The van der Waals surface area contributed by atoms with E-state index in [1.807, 2.05) is 0 Å². The molecule has 1 aliphatic carbocycles. The van der Waals surface area contributed by atoms with Gasteiger partial charge in [-0.25, -0.2) is 0 Å². The lowest BCUT2D eigenvalue weighted by molar-refractivity contribution is -0.124. The Morgan fingerprint density at radius 2 is 2.17 bits per heavy atom. The number of Topliss-reactive ketones (excluding diaryl/α,β-unsaturated/α-hetero) is 1. The van der Waals surface area contributed by atoms with Crippen LogP contribution in [0.1, 0.15) is 52.4 Å². The Kier molecular flexibility index (Phi) is 3.77. The fourth-order valence-corrected chi connectivity index (χ4v) is 1.78.